The van der Waals surface area contributed by atoms with E-state index in [1.54, 1.807) is 0 Å². The highest BCUT2D eigenvalue weighted by Gasteiger charge is 2.20. The third kappa shape index (κ3) is 1.70. The van der Waals surface area contributed by atoms with Crippen LogP contribution in [0.5, 0.6) is 0 Å². The molecule has 0 saturated carbocycles. The Kier molecular flexibility index (Phi) is 2.63. The smallest absolute Gasteiger partial charge is 0.243 e. The summed E-state index contributed by atoms with van der Waals surface area (Å²) in [6.07, 6.45) is 0. The predicted molar refractivity (Wildman–Crippen MR) is 61.1 cm³/mol. The third-order valence-corrected chi connectivity index (χ3v) is 2.42. The lowest BCUT2D eigenvalue weighted by Gasteiger charge is -2.30. The zero-order chi connectivity index (χ0) is 9.97. The molecule has 1 aliphatic heterocycles. The number of carbonyl (C=O) groups is 1. The molecule has 1 aromatic carbocycles. The molecule has 1 aromatic rings. The average Bonchev–Trinajstić information content (AvgIpc) is 2.18. The van der Waals surface area contributed by atoms with Gasteiger partial charge < -0.3 is 10.2 Å². The van der Waals surface area contributed by atoms with Gasteiger partial charge in [-0.1, -0.05) is 12.1 Å². The first kappa shape index (κ1) is 9.40. The maximum atomic E-state index is 11.3. The molecule has 1 amide bonds. The van der Waals surface area contributed by atoms with Gasteiger partial charge in [0.2, 0.25) is 5.91 Å². The highest BCUT2D eigenvalue weighted by molar-refractivity contribution is 7.80. The molecule has 0 atom stereocenters. The van der Waals surface area contributed by atoms with Crippen LogP contribution in [0, 0.1) is 0 Å². The van der Waals surface area contributed by atoms with E-state index in [1.807, 2.05) is 29.2 Å². The van der Waals surface area contributed by atoms with Gasteiger partial charge in [-0.3, -0.25) is 4.79 Å². The second-order valence-electron chi connectivity index (χ2n) is 3.21. The van der Waals surface area contributed by atoms with Gasteiger partial charge in [-0.15, -0.1) is 0 Å². The molecule has 0 unspecified atom stereocenters. The summed E-state index contributed by atoms with van der Waals surface area (Å²) in [6, 6.07) is 7.82. The molecule has 2 rings (SSSR count). The van der Waals surface area contributed by atoms with Gasteiger partial charge >= 0.3 is 0 Å². The van der Waals surface area contributed by atoms with Crippen LogP contribution in [-0.4, -0.2) is 24.7 Å². The predicted octanol–water partition coefficient (Wildman–Crippen LogP) is 1.37. The molecule has 0 saturated heterocycles. The fourth-order valence-corrected chi connectivity index (χ4v) is 1.86. The quantitative estimate of drug-likeness (QED) is 0.720. The number of fused-ring (bicyclic) bond motifs is 1. The van der Waals surface area contributed by atoms with Crippen molar-refractivity contribution in [2.24, 2.45) is 0 Å². The topological polar surface area (TPSA) is 32.3 Å². The fourth-order valence-electron chi connectivity index (χ4n) is 1.62. The Morgan fingerprint density at radius 1 is 1.43 bits per heavy atom. The summed E-state index contributed by atoms with van der Waals surface area (Å²) in [7, 11) is 0. The van der Waals surface area contributed by atoms with Crippen molar-refractivity contribution in [1.82, 2.24) is 0 Å². The van der Waals surface area contributed by atoms with Crippen molar-refractivity contribution in [1.29, 1.82) is 0 Å². The van der Waals surface area contributed by atoms with Gasteiger partial charge in [0, 0.05) is 12.3 Å². The Morgan fingerprint density at radius 3 is 3.00 bits per heavy atom. The van der Waals surface area contributed by atoms with Crippen LogP contribution in [0.25, 0.3) is 0 Å². The molecule has 1 heterocycles. The number of hydrogen-bond donors (Lipinski definition) is 2. The van der Waals surface area contributed by atoms with Crippen molar-refractivity contribution in [2.75, 3.05) is 29.1 Å². The van der Waals surface area contributed by atoms with Crippen molar-refractivity contribution in [2.45, 2.75) is 0 Å². The lowest BCUT2D eigenvalue weighted by Crippen LogP contribution is -2.39. The van der Waals surface area contributed by atoms with E-state index in [1.165, 1.54) is 0 Å². The lowest BCUT2D eigenvalue weighted by molar-refractivity contribution is -0.115. The third-order valence-electron chi connectivity index (χ3n) is 2.22. The summed E-state index contributed by atoms with van der Waals surface area (Å²) >= 11 is 4.18. The highest BCUT2D eigenvalue weighted by atomic mass is 32.1. The van der Waals surface area contributed by atoms with E-state index in [0.29, 0.717) is 6.54 Å². The molecule has 0 radical (unpaired) electrons. The van der Waals surface area contributed by atoms with E-state index >= 15 is 0 Å². The van der Waals surface area contributed by atoms with Crippen LogP contribution in [0.1, 0.15) is 0 Å². The van der Waals surface area contributed by atoms with Gasteiger partial charge in [0.05, 0.1) is 17.9 Å². The zero-order valence-corrected chi connectivity index (χ0v) is 8.63. The minimum atomic E-state index is 0.0467. The van der Waals surface area contributed by atoms with Gasteiger partial charge in [-0.25, -0.2) is 0 Å². The van der Waals surface area contributed by atoms with Gasteiger partial charge in [0.15, 0.2) is 0 Å². The Hall–Kier alpha value is -1.16. The van der Waals surface area contributed by atoms with E-state index in [2.05, 4.69) is 17.9 Å². The van der Waals surface area contributed by atoms with Gasteiger partial charge in [0.1, 0.15) is 0 Å². The van der Waals surface area contributed by atoms with Crippen LogP contribution < -0.4 is 10.2 Å². The molecule has 0 bridgehead atoms. The van der Waals surface area contributed by atoms with Gasteiger partial charge in [0.25, 0.3) is 0 Å². The molecular weight excluding hydrogens is 196 g/mol. The van der Waals surface area contributed by atoms with E-state index < -0.39 is 0 Å². The Labute approximate surface area is 88.5 Å². The van der Waals surface area contributed by atoms with E-state index in [0.717, 1.165) is 23.7 Å². The first-order chi connectivity index (χ1) is 6.81. The van der Waals surface area contributed by atoms with E-state index in [4.69, 9.17) is 0 Å². The van der Waals surface area contributed by atoms with Crippen LogP contribution in [0.4, 0.5) is 11.4 Å². The van der Waals surface area contributed by atoms with Crippen LogP contribution in [0.2, 0.25) is 0 Å². The fraction of sp³-hybridized carbons (Fsp3) is 0.300. The molecule has 0 aliphatic carbocycles. The zero-order valence-electron chi connectivity index (χ0n) is 7.73. The number of rotatable bonds is 2. The standard InChI is InChI=1S/C10H12N2OS/c13-10-7-12(5-6-14)9-4-2-1-3-8(9)11-10/h1-4,14H,5-7H2,(H,11,13). The number of nitrogens with zero attached hydrogens (tertiary/aromatic N) is 1. The molecule has 0 fully saturated rings. The minimum absolute atomic E-state index is 0.0467. The second-order valence-corrected chi connectivity index (χ2v) is 3.66. The van der Waals surface area contributed by atoms with Crippen LogP contribution in [0.3, 0.4) is 0 Å². The molecule has 74 valence electrons. The van der Waals surface area contributed by atoms with Crippen molar-refractivity contribution < 1.29 is 4.79 Å². The molecule has 4 heteroatoms. The van der Waals surface area contributed by atoms with Crippen molar-refractivity contribution in [3.63, 3.8) is 0 Å². The number of amides is 1. The first-order valence-electron chi connectivity index (χ1n) is 4.56. The summed E-state index contributed by atoms with van der Waals surface area (Å²) in [5.41, 5.74) is 1.98. The minimum Gasteiger partial charge on any atom is -0.360 e. The van der Waals surface area contributed by atoms with Crippen LogP contribution in [-0.2, 0) is 4.79 Å². The van der Waals surface area contributed by atoms with Gasteiger partial charge in [-0.05, 0) is 12.1 Å². The number of carbonyl (C=O) groups excluding carboxylic acids is 1. The summed E-state index contributed by atoms with van der Waals surface area (Å²) in [6.45, 7) is 1.23. The molecule has 1 aliphatic rings. The average molecular weight is 208 g/mol. The number of benzene rings is 1. The summed E-state index contributed by atoms with van der Waals surface area (Å²) in [4.78, 5) is 13.4. The number of thiol groups is 1. The van der Waals surface area contributed by atoms with Crippen molar-refractivity contribution in [3.05, 3.63) is 24.3 Å². The highest BCUT2D eigenvalue weighted by Crippen LogP contribution is 2.28. The molecule has 14 heavy (non-hydrogen) atoms. The molecule has 0 spiro atoms. The molecule has 0 aromatic heterocycles. The molecule has 1 N–H and O–H groups in total. The van der Waals surface area contributed by atoms with Gasteiger partial charge in [-0.2, -0.15) is 12.6 Å². The van der Waals surface area contributed by atoms with Crippen molar-refractivity contribution in [3.8, 4) is 0 Å². The molecular formula is C10H12N2OS. The SMILES string of the molecule is O=C1CN(CCS)c2ccccc2N1. The van der Waals surface area contributed by atoms with Crippen molar-refractivity contribution >= 4 is 29.9 Å². The Bertz CT molecular complexity index is 354. The Morgan fingerprint density at radius 2 is 2.21 bits per heavy atom. The Balaban J connectivity index is 2.33. The second kappa shape index (κ2) is 3.92. The van der Waals surface area contributed by atoms with Crippen LogP contribution in [0.15, 0.2) is 24.3 Å². The monoisotopic (exact) mass is 208 g/mol. The maximum Gasteiger partial charge on any atom is 0.243 e. The normalized spacial score (nSPS) is 14.9. The number of nitrogens with one attached hydrogen (secondary N) is 1. The summed E-state index contributed by atoms with van der Waals surface area (Å²) < 4.78 is 0. The van der Waals surface area contributed by atoms with E-state index in [9.17, 15) is 4.79 Å². The maximum absolute atomic E-state index is 11.3. The summed E-state index contributed by atoms with van der Waals surface area (Å²) in [5.74, 6) is 0.798. The lowest BCUT2D eigenvalue weighted by atomic mass is 10.2. The number of para-hydroxylation sites is 2. The molecule has 3 nitrogen and oxygen atoms in total. The largest absolute Gasteiger partial charge is 0.360 e. The summed E-state index contributed by atoms with van der Waals surface area (Å²) in [5, 5.41) is 2.84. The number of anilines is 2. The van der Waals surface area contributed by atoms with E-state index in [-0.39, 0.29) is 5.91 Å². The number of hydrogen-bond acceptors (Lipinski definition) is 3. The van der Waals surface area contributed by atoms with Crippen LogP contribution >= 0.6 is 12.6 Å². The first-order valence-corrected chi connectivity index (χ1v) is 5.19.